The Balaban J connectivity index is 1.90. The lowest BCUT2D eigenvalue weighted by Gasteiger charge is -2.26. The zero-order chi connectivity index (χ0) is 12.4. The van der Waals surface area contributed by atoms with Gasteiger partial charge in [-0.25, -0.2) is 4.79 Å². The fraction of sp³-hybridized carbons (Fsp3) is 0.615. The molecule has 2 aliphatic heterocycles. The molecule has 2 atom stereocenters. The summed E-state index contributed by atoms with van der Waals surface area (Å²) in [6.45, 7) is 3.81. The van der Waals surface area contributed by atoms with E-state index in [1.165, 1.54) is 0 Å². The molecule has 0 radical (unpaired) electrons. The maximum Gasteiger partial charge on any atom is 0.333 e. The summed E-state index contributed by atoms with van der Waals surface area (Å²) in [6, 6.07) is 0.404. The van der Waals surface area contributed by atoms with Gasteiger partial charge in [0.15, 0.2) is 0 Å². The lowest BCUT2D eigenvalue weighted by atomic mass is 10.2. The van der Waals surface area contributed by atoms with Crippen LogP contribution in [0.25, 0.3) is 0 Å². The third-order valence-electron chi connectivity index (χ3n) is 3.54. The number of ether oxygens (including phenoxy) is 1. The highest BCUT2D eigenvalue weighted by atomic mass is 16.5. The smallest absolute Gasteiger partial charge is 0.333 e. The molecule has 2 aliphatic rings. The molecular formula is C13H19NO3. The molecule has 0 spiro atoms. The number of carbonyl (C=O) groups is 1. The molecule has 0 aromatic rings. The van der Waals surface area contributed by atoms with E-state index in [1.54, 1.807) is 13.0 Å². The van der Waals surface area contributed by atoms with Crippen molar-refractivity contribution in [3.63, 3.8) is 0 Å². The average molecular weight is 237 g/mol. The van der Waals surface area contributed by atoms with Gasteiger partial charge in [0.2, 0.25) is 0 Å². The maximum absolute atomic E-state index is 11.5. The standard InChI is InChI=1S/C13H19NO3/c1-3-9(2)13(16)17-8-11-5-4-10-6-7-12(15)14(10)11/h3,5,10,12,15H,4,6-8H2,1-2H3/b9-3+/t10-,12+/m0/s1. The number of allylic oxidation sites excluding steroid dienone is 1. The van der Waals surface area contributed by atoms with E-state index in [2.05, 4.69) is 6.08 Å². The van der Waals surface area contributed by atoms with Crippen LogP contribution in [-0.4, -0.2) is 34.9 Å². The molecule has 0 aromatic heterocycles. The molecule has 1 saturated heterocycles. The van der Waals surface area contributed by atoms with Gasteiger partial charge in [0.05, 0.1) is 0 Å². The number of aliphatic hydroxyl groups excluding tert-OH is 1. The topological polar surface area (TPSA) is 49.8 Å². The van der Waals surface area contributed by atoms with Crippen molar-refractivity contribution in [3.05, 3.63) is 23.4 Å². The Morgan fingerprint density at radius 1 is 1.65 bits per heavy atom. The monoisotopic (exact) mass is 237 g/mol. The van der Waals surface area contributed by atoms with Crippen LogP contribution in [0.2, 0.25) is 0 Å². The number of rotatable bonds is 3. The highest BCUT2D eigenvalue weighted by molar-refractivity contribution is 5.87. The summed E-state index contributed by atoms with van der Waals surface area (Å²) in [7, 11) is 0. The van der Waals surface area contributed by atoms with Crippen molar-refractivity contribution in [1.29, 1.82) is 0 Å². The molecule has 4 heteroatoms. The second-order valence-corrected chi connectivity index (χ2v) is 4.60. The number of carbonyl (C=O) groups excluding carboxylic acids is 1. The molecular weight excluding hydrogens is 218 g/mol. The van der Waals surface area contributed by atoms with Gasteiger partial charge in [0.25, 0.3) is 0 Å². The summed E-state index contributed by atoms with van der Waals surface area (Å²) in [6.07, 6.45) is 6.17. The van der Waals surface area contributed by atoms with Gasteiger partial charge in [-0.2, -0.15) is 0 Å². The van der Waals surface area contributed by atoms with Gasteiger partial charge in [0.1, 0.15) is 12.8 Å². The van der Waals surface area contributed by atoms with Crippen LogP contribution in [0.1, 0.15) is 33.1 Å². The fourth-order valence-electron chi connectivity index (χ4n) is 2.40. The number of fused-ring (bicyclic) bond motifs is 1. The Morgan fingerprint density at radius 3 is 3.12 bits per heavy atom. The molecule has 2 heterocycles. The van der Waals surface area contributed by atoms with Crippen LogP contribution < -0.4 is 0 Å². The van der Waals surface area contributed by atoms with Gasteiger partial charge in [-0.3, -0.25) is 0 Å². The maximum atomic E-state index is 11.5. The largest absolute Gasteiger partial charge is 0.456 e. The van der Waals surface area contributed by atoms with Crippen LogP contribution in [0.3, 0.4) is 0 Å². The highest BCUT2D eigenvalue weighted by Crippen LogP contribution is 2.34. The van der Waals surface area contributed by atoms with E-state index in [9.17, 15) is 9.90 Å². The number of hydrogen-bond donors (Lipinski definition) is 1. The molecule has 0 saturated carbocycles. The zero-order valence-electron chi connectivity index (χ0n) is 10.3. The lowest BCUT2D eigenvalue weighted by Crippen LogP contribution is -2.33. The van der Waals surface area contributed by atoms with E-state index in [-0.39, 0.29) is 12.6 Å². The van der Waals surface area contributed by atoms with Crippen molar-refractivity contribution in [3.8, 4) is 0 Å². The highest BCUT2D eigenvalue weighted by Gasteiger charge is 2.36. The minimum Gasteiger partial charge on any atom is -0.456 e. The fourth-order valence-corrected chi connectivity index (χ4v) is 2.40. The molecule has 0 unspecified atom stereocenters. The van der Waals surface area contributed by atoms with Crippen molar-refractivity contribution in [2.75, 3.05) is 6.61 Å². The molecule has 17 heavy (non-hydrogen) atoms. The molecule has 1 fully saturated rings. The van der Waals surface area contributed by atoms with E-state index >= 15 is 0 Å². The lowest BCUT2D eigenvalue weighted by molar-refractivity contribution is -0.138. The van der Waals surface area contributed by atoms with Gasteiger partial charge < -0.3 is 14.7 Å². The van der Waals surface area contributed by atoms with Crippen LogP contribution in [0, 0.1) is 0 Å². The van der Waals surface area contributed by atoms with Crippen molar-refractivity contribution >= 4 is 5.97 Å². The van der Waals surface area contributed by atoms with Crippen molar-refractivity contribution in [1.82, 2.24) is 4.90 Å². The van der Waals surface area contributed by atoms with Gasteiger partial charge in [-0.1, -0.05) is 12.2 Å². The normalized spacial score (nSPS) is 28.1. The summed E-state index contributed by atoms with van der Waals surface area (Å²) >= 11 is 0. The summed E-state index contributed by atoms with van der Waals surface area (Å²) in [5.41, 5.74) is 1.55. The van der Waals surface area contributed by atoms with E-state index in [4.69, 9.17) is 4.74 Å². The number of aliphatic hydroxyl groups is 1. The average Bonchev–Trinajstić information content (AvgIpc) is 2.89. The Hall–Kier alpha value is -1.29. The number of esters is 1. The van der Waals surface area contributed by atoms with E-state index in [1.807, 2.05) is 11.8 Å². The third-order valence-corrected chi connectivity index (χ3v) is 3.54. The van der Waals surface area contributed by atoms with E-state index < -0.39 is 6.23 Å². The summed E-state index contributed by atoms with van der Waals surface area (Å²) < 4.78 is 5.21. The third kappa shape index (κ3) is 2.36. The first-order chi connectivity index (χ1) is 8.13. The van der Waals surface area contributed by atoms with Gasteiger partial charge in [-0.05, 0) is 33.1 Å². The molecule has 0 aliphatic carbocycles. The molecule has 1 N–H and O–H groups in total. The predicted octanol–water partition coefficient (Wildman–Crippen LogP) is 1.57. The zero-order valence-corrected chi connectivity index (χ0v) is 10.3. The van der Waals surface area contributed by atoms with Crippen LogP contribution in [0.15, 0.2) is 23.4 Å². The summed E-state index contributed by atoms with van der Waals surface area (Å²) in [5, 5.41) is 9.82. The Bertz CT molecular complexity index is 373. The van der Waals surface area contributed by atoms with Crippen LogP contribution >= 0.6 is 0 Å². The number of hydrogen-bond acceptors (Lipinski definition) is 4. The first-order valence-corrected chi connectivity index (χ1v) is 6.09. The Kier molecular flexibility index (Phi) is 3.52. The van der Waals surface area contributed by atoms with Crippen LogP contribution in [0.5, 0.6) is 0 Å². The summed E-state index contributed by atoms with van der Waals surface area (Å²) in [5.74, 6) is -0.287. The second kappa shape index (κ2) is 4.92. The minimum absolute atomic E-state index is 0.261. The van der Waals surface area contributed by atoms with Crippen LogP contribution in [-0.2, 0) is 9.53 Å². The molecule has 2 rings (SSSR count). The van der Waals surface area contributed by atoms with E-state index in [0.717, 1.165) is 25.0 Å². The first kappa shape index (κ1) is 12.2. The van der Waals surface area contributed by atoms with Crippen LogP contribution in [0.4, 0.5) is 0 Å². The second-order valence-electron chi connectivity index (χ2n) is 4.60. The van der Waals surface area contributed by atoms with Crippen molar-refractivity contribution < 1.29 is 14.6 Å². The van der Waals surface area contributed by atoms with Gasteiger partial charge in [-0.15, -0.1) is 0 Å². The molecule has 94 valence electrons. The first-order valence-electron chi connectivity index (χ1n) is 6.09. The SMILES string of the molecule is C/C=C(\C)C(=O)OCC1=CC[C@H]2CC[C@@H](O)N12. The Labute approximate surface area is 102 Å². The minimum atomic E-state index is -0.407. The van der Waals surface area contributed by atoms with E-state index in [0.29, 0.717) is 11.6 Å². The van der Waals surface area contributed by atoms with Crippen molar-refractivity contribution in [2.45, 2.75) is 45.4 Å². The summed E-state index contributed by atoms with van der Waals surface area (Å²) in [4.78, 5) is 13.5. The quantitative estimate of drug-likeness (QED) is 0.598. The molecule has 0 amide bonds. The molecule has 0 bridgehead atoms. The molecule has 4 nitrogen and oxygen atoms in total. The molecule has 0 aromatic carbocycles. The number of nitrogens with zero attached hydrogens (tertiary/aromatic N) is 1. The van der Waals surface area contributed by atoms with Gasteiger partial charge in [0, 0.05) is 17.3 Å². The van der Waals surface area contributed by atoms with Gasteiger partial charge >= 0.3 is 5.97 Å². The van der Waals surface area contributed by atoms with Crippen molar-refractivity contribution in [2.24, 2.45) is 0 Å². The Morgan fingerprint density at radius 2 is 2.41 bits per heavy atom. The predicted molar refractivity (Wildman–Crippen MR) is 64.0 cm³/mol.